The minimum absolute atomic E-state index is 0.632. The Bertz CT molecular complexity index is 338. The monoisotopic (exact) mass is 254 g/mol. The second-order valence-corrected chi connectivity index (χ2v) is 4.75. The Morgan fingerprint density at radius 1 is 1.50 bits per heavy atom. The molecule has 76 valence electrons. The number of halogens is 1. The van der Waals surface area contributed by atoms with Crippen LogP contribution in [0.1, 0.15) is 19.8 Å². The lowest BCUT2D eigenvalue weighted by Gasteiger charge is -2.25. The van der Waals surface area contributed by atoms with Crippen molar-refractivity contribution in [3.63, 3.8) is 0 Å². The highest BCUT2D eigenvalue weighted by Gasteiger charge is 2.22. The normalized spacial score (nSPS) is 21.6. The highest BCUT2D eigenvalue weighted by Crippen LogP contribution is 2.33. The smallest absolute Gasteiger partial charge is 0.0533 e. The van der Waals surface area contributed by atoms with Crippen LogP contribution in [0.4, 0.5) is 11.4 Å². The van der Waals surface area contributed by atoms with E-state index in [4.69, 9.17) is 5.73 Å². The molecule has 2 nitrogen and oxygen atoms in total. The fourth-order valence-electron chi connectivity index (χ4n) is 2.04. The van der Waals surface area contributed by atoms with Gasteiger partial charge in [-0.25, -0.2) is 0 Å². The Morgan fingerprint density at radius 3 is 2.93 bits per heavy atom. The van der Waals surface area contributed by atoms with Crippen LogP contribution in [0.3, 0.4) is 0 Å². The van der Waals surface area contributed by atoms with E-state index in [0.29, 0.717) is 6.04 Å². The van der Waals surface area contributed by atoms with Crippen molar-refractivity contribution in [2.24, 2.45) is 0 Å². The van der Waals surface area contributed by atoms with E-state index in [0.717, 1.165) is 16.7 Å². The molecule has 14 heavy (non-hydrogen) atoms. The van der Waals surface area contributed by atoms with Crippen LogP contribution in [0, 0.1) is 0 Å². The molecular formula is C11H15BrN2. The molecular weight excluding hydrogens is 240 g/mol. The molecule has 2 N–H and O–H groups in total. The van der Waals surface area contributed by atoms with Gasteiger partial charge in [0.15, 0.2) is 0 Å². The molecule has 1 heterocycles. The van der Waals surface area contributed by atoms with Gasteiger partial charge in [-0.15, -0.1) is 0 Å². The zero-order valence-corrected chi connectivity index (χ0v) is 9.92. The predicted octanol–water partition coefficient (Wildman–Crippen LogP) is 3.02. The summed E-state index contributed by atoms with van der Waals surface area (Å²) in [5.74, 6) is 0. The van der Waals surface area contributed by atoms with Gasteiger partial charge in [0, 0.05) is 22.7 Å². The Kier molecular flexibility index (Phi) is 2.68. The summed E-state index contributed by atoms with van der Waals surface area (Å²) in [6.07, 6.45) is 2.56. The van der Waals surface area contributed by atoms with Gasteiger partial charge in [0.05, 0.1) is 5.69 Å². The first-order chi connectivity index (χ1) is 6.68. The average Bonchev–Trinajstić information content (AvgIpc) is 2.56. The Balaban J connectivity index is 2.34. The van der Waals surface area contributed by atoms with E-state index in [1.165, 1.54) is 18.5 Å². The van der Waals surface area contributed by atoms with Crippen LogP contribution in [-0.2, 0) is 0 Å². The van der Waals surface area contributed by atoms with Crippen molar-refractivity contribution < 1.29 is 0 Å². The van der Waals surface area contributed by atoms with Crippen molar-refractivity contribution in [1.82, 2.24) is 0 Å². The number of hydrogen-bond donors (Lipinski definition) is 1. The molecule has 1 aliphatic heterocycles. The Labute approximate surface area is 93.2 Å². The van der Waals surface area contributed by atoms with Gasteiger partial charge in [0.2, 0.25) is 0 Å². The number of nitrogens with two attached hydrogens (primary N) is 1. The van der Waals surface area contributed by atoms with Crippen molar-refractivity contribution in [1.29, 1.82) is 0 Å². The lowest BCUT2D eigenvalue weighted by atomic mass is 10.2. The lowest BCUT2D eigenvalue weighted by molar-refractivity contribution is 0.734. The summed E-state index contributed by atoms with van der Waals surface area (Å²) in [5.41, 5.74) is 7.86. The van der Waals surface area contributed by atoms with Crippen molar-refractivity contribution >= 4 is 27.3 Å². The minimum atomic E-state index is 0.632. The third-order valence-corrected chi connectivity index (χ3v) is 3.50. The van der Waals surface area contributed by atoms with Crippen LogP contribution in [0.5, 0.6) is 0 Å². The molecule has 1 aromatic rings. The van der Waals surface area contributed by atoms with Gasteiger partial charge in [-0.3, -0.25) is 0 Å². The molecule has 0 amide bonds. The molecule has 1 saturated heterocycles. The summed E-state index contributed by atoms with van der Waals surface area (Å²) in [6, 6.07) is 6.63. The molecule has 1 fully saturated rings. The van der Waals surface area contributed by atoms with Crippen molar-refractivity contribution in [3.8, 4) is 0 Å². The van der Waals surface area contributed by atoms with E-state index < -0.39 is 0 Å². The Hall–Kier alpha value is -0.700. The molecule has 1 atom stereocenters. The Morgan fingerprint density at radius 2 is 2.29 bits per heavy atom. The summed E-state index contributed by atoms with van der Waals surface area (Å²) < 4.78 is 1.14. The number of anilines is 2. The largest absolute Gasteiger partial charge is 0.399 e. The molecule has 1 aliphatic rings. The molecule has 1 unspecified atom stereocenters. The van der Waals surface area contributed by atoms with Crippen LogP contribution < -0.4 is 10.6 Å². The van der Waals surface area contributed by atoms with E-state index in [9.17, 15) is 0 Å². The van der Waals surface area contributed by atoms with Crippen LogP contribution in [0.2, 0.25) is 0 Å². The highest BCUT2D eigenvalue weighted by molar-refractivity contribution is 9.10. The quantitative estimate of drug-likeness (QED) is 0.781. The molecule has 0 aromatic heterocycles. The van der Waals surface area contributed by atoms with Gasteiger partial charge in [-0.2, -0.15) is 0 Å². The zero-order chi connectivity index (χ0) is 10.1. The summed E-state index contributed by atoms with van der Waals surface area (Å²) in [7, 11) is 0. The second-order valence-electron chi connectivity index (χ2n) is 3.90. The first kappa shape index (κ1) is 9.84. The average molecular weight is 255 g/mol. The molecule has 0 aliphatic carbocycles. The molecule has 2 rings (SSSR count). The van der Waals surface area contributed by atoms with Crippen molar-refractivity contribution in [2.45, 2.75) is 25.8 Å². The highest BCUT2D eigenvalue weighted by atomic mass is 79.9. The third-order valence-electron chi connectivity index (χ3n) is 2.83. The fraction of sp³-hybridized carbons (Fsp3) is 0.455. The summed E-state index contributed by atoms with van der Waals surface area (Å²) in [6.45, 7) is 3.41. The van der Waals surface area contributed by atoms with Gasteiger partial charge in [-0.05, 0) is 53.9 Å². The standard InChI is InChI=1S/C11H15BrN2/c1-8-3-2-6-14(8)11-7-9(13)4-5-10(11)12/h4-5,7-8H,2-3,6,13H2,1H3. The van der Waals surface area contributed by atoms with E-state index in [1.54, 1.807) is 0 Å². The number of nitrogens with zero attached hydrogens (tertiary/aromatic N) is 1. The second kappa shape index (κ2) is 3.81. The van der Waals surface area contributed by atoms with Gasteiger partial charge < -0.3 is 10.6 Å². The first-order valence-electron chi connectivity index (χ1n) is 5.00. The van der Waals surface area contributed by atoms with E-state index in [-0.39, 0.29) is 0 Å². The van der Waals surface area contributed by atoms with Crippen LogP contribution >= 0.6 is 15.9 Å². The predicted molar refractivity (Wildman–Crippen MR) is 64.6 cm³/mol. The molecule has 0 bridgehead atoms. The summed E-state index contributed by atoms with van der Waals surface area (Å²) in [4.78, 5) is 2.42. The maximum atomic E-state index is 5.79. The maximum absolute atomic E-state index is 5.79. The van der Waals surface area contributed by atoms with E-state index in [2.05, 4.69) is 27.8 Å². The topological polar surface area (TPSA) is 29.3 Å². The molecule has 1 aromatic carbocycles. The van der Waals surface area contributed by atoms with Gasteiger partial charge in [-0.1, -0.05) is 0 Å². The van der Waals surface area contributed by atoms with Gasteiger partial charge >= 0.3 is 0 Å². The lowest BCUT2D eigenvalue weighted by Crippen LogP contribution is -2.26. The molecule has 0 saturated carbocycles. The van der Waals surface area contributed by atoms with Crippen LogP contribution in [-0.4, -0.2) is 12.6 Å². The van der Waals surface area contributed by atoms with Crippen molar-refractivity contribution in [2.75, 3.05) is 17.2 Å². The number of hydrogen-bond acceptors (Lipinski definition) is 2. The minimum Gasteiger partial charge on any atom is -0.399 e. The van der Waals surface area contributed by atoms with Crippen LogP contribution in [0.15, 0.2) is 22.7 Å². The summed E-state index contributed by atoms with van der Waals surface area (Å²) >= 11 is 3.57. The SMILES string of the molecule is CC1CCCN1c1cc(N)ccc1Br. The first-order valence-corrected chi connectivity index (χ1v) is 5.79. The van der Waals surface area contributed by atoms with Crippen LogP contribution in [0.25, 0.3) is 0 Å². The van der Waals surface area contributed by atoms with E-state index >= 15 is 0 Å². The number of benzene rings is 1. The van der Waals surface area contributed by atoms with Gasteiger partial charge in [0.25, 0.3) is 0 Å². The van der Waals surface area contributed by atoms with Gasteiger partial charge in [0.1, 0.15) is 0 Å². The fourth-order valence-corrected chi connectivity index (χ4v) is 2.52. The molecule has 3 heteroatoms. The number of nitrogen functional groups attached to an aromatic ring is 1. The van der Waals surface area contributed by atoms with E-state index in [1.807, 2.05) is 18.2 Å². The van der Waals surface area contributed by atoms with Crippen molar-refractivity contribution in [3.05, 3.63) is 22.7 Å². The number of rotatable bonds is 1. The maximum Gasteiger partial charge on any atom is 0.0533 e. The zero-order valence-electron chi connectivity index (χ0n) is 8.33. The molecule has 0 spiro atoms. The summed E-state index contributed by atoms with van der Waals surface area (Å²) in [5, 5.41) is 0. The molecule has 0 radical (unpaired) electrons. The third kappa shape index (κ3) is 1.73.